The number of carbonyl (C=O) groups is 2. The fourth-order valence-electron chi connectivity index (χ4n) is 4.56. The second-order valence-corrected chi connectivity index (χ2v) is 8.11. The third-order valence-corrected chi connectivity index (χ3v) is 6.32. The molecule has 7 nitrogen and oxygen atoms in total. The number of rotatable bonds is 8. The molecule has 0 aromatic heterocycles. The smallest absolute Gasteiger partial charge is 0.223 e. The average molecular weight is 419 g/mol. The van der Waals surface area contributed by atoms with Crippen LogP contribution in [0.25, 0.3) is 0 Å². The van der Waals surface area contributed by atoms with E-state index in [4.69, 9.17) is 14.2 Å². The summed E-state index contributed by atoms with van der Waals surface area (Å²) in [5.41, 5.74) is 0.911. The first-order valence-electron chi connectivity index (χ1n) is 10.9. The molecule has 7 heteroatoms. The van der Waals surface area contributed by atoms with Gasteiger partial charge in [-0.3, -0.25) is 9.59 Å². The molecule has 1 saturated heterocycles. The van der Waals surface area contributed by atoms with Gasteiger partial charge in [-0.05, 0) is 36.8 Å². The maximum absolute atomic E-state index is 12.7. The van der Waals surface area contributed by atoms with Gasteiger partial charge in [0.05, 0.1) is 21.3 Å². The zero-order valence-electron chi connectivity index (χ0n) is 18.4. The molecule has 0 bridgehead atoms. The van der Waals surface area contributed by atoms with E-state index >= 15 is 0 Å². The molecule has 0 spiro atoms. The number of aryl methyl sites for hydroxylation is 1. The van der Waals surface area contributed by atoms with Crippen LogP contribution in [0.15, 0.2) is 12.1 Å². The van der Waals surface area contributed by atoms with E-state index in [0.29, 0.717) is 68.6 Å². The number of ether oxygens (including phenoxy) is 3. The highest BCUT2D eigenvalue weighted by Crippen LogP contribution is 2.40. The molecule has 3 rings (SSSR count). The number of hydrogen-bond donors (Lipinski definition) is 0. The third kappa shape index (κ3) is 5.18. The Kier molecular flexibility index (Phi) is 7.82. The van der Waals surface area contributed by atoms with Crippen LogP contribution < -0.4 is 14.2 Å². The van der Waals surface area contributed by atoms with Gasteiger partial charge in [0.2, 0.25) is 17.6 Å². The van der Waals surface area contributed by atoms with Crippen molar-refractivity contribution in [3.05, 3.63) is 17.7 Å². The van der Waals surface area contributed by atoms with E-state index in [1.54, 1.807) is 21.3 Å². The molecule has 2 amide bonds. The Morgan fingerprint density at radius 2 is 1.47 bits per heavy atom. The van der Waals surface area contributed by atoms with E-state index in [1.807, 2.05) is 21.9 Å². The molecule has 1 aromatic carbocycles. The molecule has 2 aliphatic rings. The van der Waals surface area contributed by atoms with Crippen LogP contribution in [0.3, 0.4) is 0 Å². The molecule has 1 aromatic rings. The van der Waals surface area contributed by atoms with Gasteiger partial charge in [0.15, 0.2) is 11.5 Å². The van der Waals surface area contributed by atoms with Crippen molar-refractivity contribution >= 4 is 11.8 Å². The van der Waals surface area contributed by atoms with E-state index in [9.17, 15) is 9.59 Å². The Morgan fingerprint density at radius 3 is 2.03 bits per heavy atom. The summed E-state index contributed by atoms with van der Waals surface area (Å²) in [6, 6.07) is 3.74. The second kappa shape index (κ2) is 10.5. The number of carbonyl (C=O) groups excluding carboxylic acids is 2. The van der Waals surface area contributed by atoms with Gasteiger partial charge in [-0.25, -0.2) is 0 Å². The van der Waals surface area contributed by atoms with Crippen LogP contribution in [0.1, 0.15) is 44.1 Å². The first-order valence-corrected chi connectivity index (χ1v) is 10.9. The van der Waals surface area contributed by atoms with Crippen LogP contribution in [0.4, 0.5) is 0 Å². The maximum atomic E-state index is 12.7. The van der Waals surface area contributed by atoms with Crippen molar-refractivity contribution < 1.29 is 23.8 Å². The predicted molar refractivity (Wildman–Crippen MR) is 114 cm³/mol. The molecule has 0 atom stereocenters. The van der Waals surface area contributed by atoms with Gasteiger partial charge in [0.25, 0.3) is 0 Å². The highest BCUT2D eigenvalue weighted by atomic mass is 16.5. The second-order valence-electron chi connectivity index (χ2n) is 8.11. The predicted octanol–water partition coefficient (Wildman–Crippen LogP) is 2.90. The SMILES string of the molecule is COc1ccc(CCC(=O)N2CCN(C(=O)CC3CCCC3)CC2)c(OC)c1OC. The minimum atomic E-state index is 0.106. The van der Waals surface area contributed by atoms with Crippen LogP contribution >= 0.6 is 0 Å². The molecule has 1 aliphatic heterocycles. The average Bonchev–Trinajstić information content (AvgIpc) is 3.29. The standard InChI is InChI=1S/C23H34N2O5/c1-28-19-10-8-18(22(29-2)23(19)30-3)9-11-20(26)24-12-14-25(15-13-24)21(27)16-17-6-4-5-7-17/h8,10,17H,4-7,9,11-16H2,1-3H3. The third-order valence-electron chi connectivity index (χ3n) is 6.32. The van der Waals surface area contributed by atoms with E-state index in [-0.39, 0.29) is 11.8 Å². The lowest BCUT2D eigenvalue weighted by molar-refractivity contribution is -0.140. The quantitative estimate of drug-likeness (QED) is 0.649. The van der Waals surface area contributed by atoms with Crippen molar-refractivity contribution in [3.8, 4) is 17.2 Å². The number of benzene rings is 1. The Morgan fingerprint density at radius 1 is 0.867 bits per heavy atom. The molecule has 1 heterocycles. The van der Waals surface area contributed by atoms with Crippen LogP contribution in [-0.4, -0.2) is 69.1 Å². The number of methoxy groups -OCH3 is 3. The number of hydrogen-bond acceptors (Lipinski definition) is 5. The monoisotopic (exact) mass is 418 g/mol. The highest BCUT2D eigenvalue weighted by molar-refractivity contribution is 5.79. The van der Waals surface area contributed by atoms with E-state index in [1.165, 1.54) is 25.7 Å². The van der Waals surface area contributed by atoms with Crippen molar-refractivity contribution in [2.24, 2.45) is 5.92 Å². The Hall–Kier alpha value is -2.44. The topological polar surface area (TPSA) is 68.3 Å². The lowest BCUT2D eigenvalue weighted by Crippen LogP contribution is -2.50. The van der Waals surface area contributed by atoms with Gasteiger partial charge < -0.3 is 24.0 Å². The van der Waals surface area contributed by atoms with Crippen molar-refractivity contribution in [3.63, 3.8) is 0 Å². The molecule has 0 N–H and O–H groups in total. The van der Waals surface area contributed by atoms with E-state index in [0.717, 1.165) is 5.56 Å². The first kappa shape index (κ1) is 22.2. The Labute approximate surface area is 179 Å². The summed E-state index contributed by atoms with van der Waals surface area (Å²) in [7, 11) is 4.74. The van der Waals surface area contributed by atoms with E-state index < -0.39 is 0 Å². The van der Waals surface area contributed by atoms with Gasteiger partial charge in [-0.2, -0.15) is 0 Å². The number of piperazine rings is 1. The minimum absolute atomic E-state index is 0.106. The van der Waals surface area contributed by atoms with E-state index in [2.05, 4.69) is 0 Å². The van der Waals surface area contributed by atoms with Gasteiger partial charge in [-0.1, -0.05) is 18.9 Å². The molecule has 166 valence electrons. The number of amides is 2. The number of nitrogens with zero attached hydrogens (tertiary/aromatic N) is 2. The van der Waals surface area contributed by atoms with Gasteiger partial charge >= 0.3 is 0 Å². The summed E-state index contributed by atoms with van der Waals surface area (Å²) in [5, 5.41) is 0. The van der Waals surface area contributed by atoms with Crippen molar-refractivity contribution in [1.29, 1.82) is 0 Å². The van der Waals surface area contributed by atoms with Crippen molar-refractivity contribution in [2.75, 3.05) is 47.5 Å². The maximum Gasteiger partial charge on any atom is 0.223 e. The molecule has 1 saturated carbocycles. The summed E-state index contributed by atoms with van der Waals surface area (Å²) in [5.74, 6) is 2.67. The molecule has 2 fully saturated rings. The molecule has 30 heavy (non-hydrogen) atoms. The minimum Gasteiger partial charge on any atom is -0.493 e. The molecule has 0 unspecified atom stereocenters. The molecular weight excluding hydrogens is 384 g/mol. The lowest BCUT2D eigenvalue weighted by atomic mass is 10.0. The summed E-state index contributed by atoms with van der Waals surface area (Å²) in [6.45, 7) is 2.49. The highest BCUT2D eigenvalue weighted by Gasteiger charge is 2.27. The Bertz CT molecular complexity index is 737. The van der Waals surface area contributed by atoms with Crippen molar-refractivity contribution in [2.45, 2.75) is 44.9 Å². The van der Waals surface area contributed by atoms with Crippen LogP contribution in [0.5, 0.6) is 17.2 Å². The zero-order valence-corrected chi connectivity index (χ0v) is 18.4. The first-order chi connectivity index (χ1) is 14.6. The molecule has 0 radical (unpaired) electrons. The summed E-state index contributed by atoms with van der Waals surface area (Å²) in [4.78, 5) is 29.0. The van der Waals surface area contributed by atoms with Crippen LogP contribution in [-0.2, 0) is 16.0 Å². The lowest BCUT2D eigenvalue weighted by Gasteiger charge is -2.35. The van der Waals surface area contributed by atoms with Gasteiger partial charge in [0, 0.05) is 39.0 Å². The zero-order chi connectivity index (χ0) is 21.5. The summed E-state index contributed by atoms with van der Waals surface area (Å²) < 4.78 is 16.2. The summed E-state index contributed by atoms with van der Waals surface area (Å²) in [6.07, 6.45) is 6.50. The van der Waals surface area contributed by atoms with Gasteiger partial charge in [-0.15, -0.1) is 0 Å². The molecular formula is C23H34N2O5. The fourth-order valence-corrected chi connectivity index (χ4v) is 4.56. The van der Waals surface area contributed by atoms with Crippen LogP contribution in [0.2, 0.25) is 0 Å². The normalized spacial score (nSPS) is 17.2. The van der Waals surface area contributed by atoms with Crippen molar-refractivity contribution in [1.82, 2.24) is 9.80 Å². The molecule has 1 aliphatic carbocycles. The fraction of sp³-hybridized carbons (Fsp3) is 0.652. The summed E-state index contributed by atoms with van der Waals surface area (Å²) >= 11 is 0. The Balaban J connectivity index is 1.50. The van der Waals surface area contributed by atoms with Gasteiger partial charge in [0.1, 0.15) is 0 Å². The largest absolute Gasteiger partial charge is 0.493 e. The van der Waals surface area contributed by atoms with Crippen LogP contribution in [0, 0.1) is 5.92 Å².